The lowest BCUT2D eigenvalue weighted by molar-refractivity contribution is 0.100. The van der Waals surface area contributed by atoms with Gasteiger partial charge in [0, 0.05) is 22.2 Å². The Morgan fingerprint density at radius 2 is 1.75 bits per heavy atom. The highest BCUT2D eigenvalue weighted by Crippen LogP contribution is 2.26. The molecule has 0 aliphatic heterocycles. The van der Waals surface area contributed by atoms with Crippen LogP contribution in [0.1, 0.15) is 24.2 Å². The molecule has 0 radical (unpaired) electrons. The Balaban J connectivity index is 1.96. The third-order valence-corrected chi connectivity index (χ3v) is 4.41. The summed E-state index contributed by atoms with van der Waals surface area (Å²) >= 11 is 12.0. The average molecular weight is 368 g/mol. The Labute approximate surface area is 153 Å². The number of nitrogens with zero attached hydrogens (tertiary/aromatic N) is 1. The summed E-state index contributed by atoms with van der Waals surface area (Å²) in [5.41, 5.74) is 1.77. The van der Waals surface area contributed by atoms with Gasteiger partial charge in [0.25, 0.3) is 0 Å². The van der Waals surface area contributed by atoms with Crippen molar-refractivity contribution in [3.8, 4) is 5.75 Å². The van der Waals surface area contributed by atoms with Crippen molar-refractivity contribution < 1.29 is 9.84 Å². The molecule has 130 valence electrons. The third-order valence-electron chi connectivity index (χ3n) is 3.82. The lowest BCUT2D eigenvalue weighted by Gasteiger charge is -2.22. The van der Waals surface area contributed by atoms with Crippen LogP contribution in [0.4, 0.5) is 0 Å². The van der Waals surface area contributed by atoms with Crippen LogP contribution in [0.5, 0.6) is 5.75 Å². The van der Waals surface area contributed by atoms with Gasteiger partial charge in [0.1, 0.15) is 12.4 Å². The minimum Gasteiger partial charge on any atom is -0.489 e. The minimum absolute atomic E-state index is 0.152. The first-order valence-corrected chi connectivity index (χ1v) is 8.62. The van der Waals surface area contributed by atoms with Crippen molar-refractivity contribution in [3.05, 3.63) is 63.6 Å². The molecule has 0 aliphatic carbocycles. The molecule has 2 atom stereocenters. The Morgan fingerprint density at radius 3 is 2.33 bits per heavy atom. The maximum atomic E-state index is 10.4. The van der Waals surface area contributed by atoms with E-state index in [1.165, 1.54) is 0 Å². The van der Waals surface area contributed by atoms with E-state index in [4.69, 9.17) is 27.9 Å². The van der Waals surface area contributed by atoms with Gasteiger partial charge < -0.3 is 14.7 Å². The quantitative estimate of drug-likeness (QED) is 0.762. The lowest BCUT2D eigenvalue weighted by Crippen LogP contribution is -2.24. The molecule has 0 heterocycles. The van der Waals surface area contributed by atoms with Gasteiger partial charge >= 0.3 is 0 Å². The smallest absolute Gasteiger partial charge is 0.119 e. The van der Waals surface area contributed by atoms with Crippen LogP contribution in [0.15, 0.2) is 42.5 Å². The van der Waals surface area contributed by atoms with Gasteiger partial charge in [0.15, 0.2) is 0 Å². The maximum Gasteiger partial charge on any atom is 0.119 e. The maximum absolute atomic E-state index is 10.4. The molecule has 0 bridgehead atoms. The van der Waals surface area contributed by atoms with Crippen molar-refractivity contribution in [1.29, 1.82) is 0 Å². The molecule has 24 heavy (non-hydrogen) atoms. The second-order valence-corrected chi connectivity index (χ2v) is 7.12. The lowest BCUT2D eigenvalue weighted by atomic mass is 9.97. The molecule has 3 nitrogen and oxygen atoms in total. The molecule has 0 spiro atoms. The first kappa shape index (κ1) is 19.1. The highest BCUT2D eigenvalue weighted by atomic mass is 35.5. The molecule has 0 aliphatic rings. The summed E-state index contributed by atoms with van der Waals surface area (Å²) in [5, 5.41) is 11.6. The van der Waals surface area contributed by atoms with Crippen LogP contribution in [0.2, 0.25) is 10.0 Å². The second-order valence-electron chi connectivity index (χ2n) is 6.28. The summed E-state index contributed by atoms with van der Waals surface area (Å²) in [7, 11) is 4.00. The summed E-state index contributed by atoms with van der Waals surface area (Å²) in [6.07, 6.45) is -0.493. The van der Waals surface area contributed by atoms with E-state index < -0.39 is 6.10 Å². The number of aliphatic hydroxyl groups is 1. The largest absolute Gasteiger partial charge is 0.489 e. The zero-order chi connectivity index (χ0) is 17.7. The molecule has 0 saturated carbocycles. The van der Waals surface area contributed by atoms with Gasteiger partial charge in [0.2, 0.25) is 0 Å². The van der Waals surface area contributed by atoms with Crippen molar-refractivity contribution in [1.82, 2.24) is 4.90 Å². The Morgan fingerprint density at radius 1 is 1.08 bits per heavy atom. The first-order valence-electron chi connectivity index (χ1n) is 7.86. The zero-order valence-corrected chi connectivity index (χ0v) is 15.7. The molecule has 0 saturated heterocycles. The van der Waals surface area contributed by atoms with Gasteiger partial charge in [-0.25, -0.2) is 0 Å². The molecule has 5 heteroatoms. The van der Waals surface area contributed by atoms with E-state index in [9.17, 15) is 5.11 Å². The Kier molecular flexibility index (Phi) is 6.93. The molecule has 2 aromatic rings. The van der Waals surface area contributed by atoms with Gasteiger partial charge in [-0.2, -0.15) is 0 Å². The van der Waals surface area contributed by atoms with Gasteiger partial charge in [-0.3, -0.25) is 0 Å². The number of hydrogen-bond donors (Lipinski definition) is 1. The Hall–Kier alpha value is -1.26. The zero-order valence-electron chi connectivity index (χ0n) is 14.2. The van der Waals surface area contributed by atoms with Crippen LogP contribution in [-0.2, 0) is 6.61 Å². The summed E-state index contributed by atoms with van der Waals surface area (Å²) in [6, 6.07) is 12.9. The molecule has 2 aromatic carbocycles. The van der Waals surface area contributed by atoms with Crippen molar-refractivity contribution in [2.45, 2.75) is 19.6 Å². The predicted molar refractivity (Wildman–Crippen MR) is 99.9 cm³/mol. The summed E-state index contributed by atoms with van der Waals surface area (Å²) in [4.78, 5) is 2.07. The highest BCUT2D eigenvalue weighted by Gasteiger charge is 2.17. The van der Waals surface area contributed by atoms with E-state index in [1.54, 1.807) is 12.1 Å². The summed E-state index contributed by atoms with van der Waals surface area (Å²) < 4.78 is 5.76. The fourth-order valence-electron chi connectivity index (χ4n) is 2.57. The van der Waals surface area contributed by atoms with Crippen molar-refractivity contribution in [3.63, 3.8) is 0 Å². The van der Waals surface area contributed by atoms with E-state index in [2.05, 4.69) is 4.90 Å². The van der Waals surface area contributed by atoms with Crippen LogP contribution >= 0.6 is 23.2 Å². The fourth-order valence-corrected chi connectivity index (χ4v) is 3.03. The van der Waals surface area contributed by atoms with E-state index >= 15 is 0 Å². The topological polar surface area (TPSA) is 32.7 Å². The molecular weight excluding hydrogens is 345 g/mol. The number of benzene rings is 2. The van der Waals surface area contributed by atoms with Crippen LogP contribution < -0.4 is 4.74 Å². The number of hydrogen-bond acceptors (Lipinski definition) is 3. The number of ether oxygens (including phenoxy) is 1. The minimum atomic E-state index is -0.493. The Bertz CT molecular complexity index is 659. The van der Waals surface area contributed by atoms with E-state index in [0.717, 1.165) is 23.4 Å². The molecular formula is C19H23Cl2NO2. The molecule has 0 aromatic heterocycles. The average Bonchev–Trinajstić information content (AvgIpc) is 2.53. The van der Waals surface area contributed by atoms with Crippen molar-refractivity contribution in [2.75, 3.05) is 20.6 Å². The van der Waals surface area contributed by atoms with Crippen LogP contribution in [0, 0.1) is 5.92 Å². The molecule has 0 fully saturated rings. The molecule has 2 unspecified atom stereocenters. The summed E-state index contributed by atoms with van der Waals surface area (Å²) in [6.45, 7) is 3.24. The fraction of sp³-hybridized carbons (Fsp3) is 0.368. The SMILES string of the molecule is CC(CN(C)C)C(O)c1ccc(OCc2ccc(Cl)cc2Cl)cc1. The van der Waals surface area contributed by atoms with E-state index in [-0.39, 0.29) is 5.92 Å². The van der Waals surface area contributed by atoms with E-state index in [1.807, 2.05) is 51.4 Å². The first-order chi connectivity index (χ1) is 11.4. The van der Waals surface area contributed by atoms with Crippen molar-refractivity contribution >= 4 is 23.2 Å². The number of halogens is 2. The van der Waals surface area contributed by atoms with E-state index in [0.29, 0.717) is 16.7 Å². The number of aliphatic hydroxyl groups excluding tert-OH is 1. The highest BCUT2D eigenvalue weighted by molar-refractivity contribution is 6.35. The van der Waals surface area contributed by atoms with Gasteiger partial charge in [-0.15, -0.1) is 0 Å². The van der Waals surface area contributed by atoms with Gasteiger partial charge in [-0.1, -0.05) is 48.3 Å². The van der Waals surface area contributed by atoms with Crippen molar-refractivity contribution in [2.24, 2.45) is 5.92 Å². The standard InChI is InChI=1S/C19H23Cl2NO2/c1-13(11-22(2)3)19(23)14-5-8-17(9-6-14)24-12-15-4-7-16(20)10-18(15)21/h4-10,13,19,23H,11-12H2,1-3H3. The number of rotatable bonds is 7. The van der Waals surface area contributed by atoms with Gasteiger partial charge in [-0.05, 0) is 49.8 Å². The third kappa shape index (κ3) is 5.38. The molecule has 0 amide bonds. The monoisotopic (exact) mass is 367 g/mol. The van der Waals surface area contributed by atoms with Crippen LogP contribution in [-0.4, -0.2) is 30.6 Å². The van der Waals surface area contributed by atoms with Crippen LogP contribution in [0.25, 0.3) is 0 Å². The normalized spacial score (nSPS) is 13.8. The van der Waals surface area contributed by atoms with Crippen LogP contribution in [0.3, 0.4) is 0 Å². The molecule has 1 N–H and O–H groups in total. The molecule has 2 rings (SSSR count). The van der Waals surface area contributed by atoms with Gasteiger partial charge in [0.05, 0.1) is 6.10 Å². The summed E-state index contributed by atoms with van der Waals surface area (Å²) in [5.74, 6) is 0.886. The second kappa shape index (κ2) is 8.72. The predicted octanol–water partition coefficient (Wildman–Crippen LogP) is 4.80.